The number of nitrogens with zero attached hydrogens (tertiary/aromatic N) is 1. The average molecular weight is 293 g/mol. The van der Waals surface area contributed by atoms with E-state index in [1.807, 2.05) is 30.3 Å². The van der Waals surface area contributed by atoms with Crippen molar-refractivity contribution in [2.45, 2.75) is 24.2 Å². The van der Waals surface area contributed by atoms with E-state index in [9.17, 15) is 9.59 Å². The summed E-state index contributed by atoms with van der Waals surface area (Å²) in [5.41, 5.74) is 0. The highest BCUT2D eigenvalue weighted by atomic mass is 32.2. The first-order valence-corrected chi connectivity index (χ1v) is 7.84. The molecule has 1 fully saturated rings. The zero-order valence-corrected chi connectivity index (χ0v) is 12.1. The van der Waals surface area contributed by atoms with Gasteiger partial charge in [-0.25, -0.2) is 0 Å². The third kappa shape index (κ3) is 4.27. The van der Waals surface area contributed by atoms with Crippen LogP contribution in [0.25, 0.3) is 0 Å². The van der Waals surface area contributed by atoms with Crippen LogP contribution in [0.4, 0.5) is 0 Å². The lowest BCUT2D eigenvalue weighted by Gasteiger charge is -2.30. The van der Waals surface area contributed by atoms with Gasteiger partial charge in [-0.05, 0) is 25.0 Å². The number of aliphatic carboxylic acids is 1. The van der Waals surface area contributed by atoms with Crippen LogP contribution in [0.1, 0.15) is 19.3 Å². The Balaban J connectivity index is 1.75. The van der Waals surface area contributed by atoms with Gasteiger partial charge in [0.1, 0.15) is 0 Å². The van der Waals surface area contributed by atoms with Gasteiger partial charge >= 0.3 is 5.97 Å². The Morgan fingerprint density at radius 2 is 2.05 bits per heavy atom. The molecule has 1 N–H and O–H groups in total. The number of benzene rings is 1. The number of carbonyl (C=O) groups excluding carboxylic acids is 1. The van der Waals surface area contributed by atoms with E-state index < -0.39 is 11.9 Å². The fourth-order valence-corrected chi connectivity index (χ4v) is 3.20. The predicted molar refractivity (Wildman–Crippen MR) is 78.7 cm³/mol. The van der Waals surface area contributed by atoms with Crippen LogP contribution in [-0.2, 0) is 9.59 Å². The van der Waals surface area contributed by atoms with Crippen molar-refractivity contribution < 1.29 is 14.7 Å². The number of rotatable bonds is 5. The maximum atomic E-state index is 12.1. The van der Waals surface area contributed by atoms with Crippen LogP contribution in [0.2, 0.25) is 0 Å². The van der Waals surface area contributed by atoms with E-state index in [0.717, 1.165) is 17.1 Å². The van der Waals surface area contributed by atoms with Crippen LogP contribution in [0.3, 0.4) is 0 Å². The Morgan fingerprint density at radius 3 is 2.75 bits per heavy atom. The van der Waals surface area contributed by atoms with Crippen molar-refractivity contribution in [3.05, 3.63) is 30.3 Å². The predicted octanol–water partition coefficient (Wildman–Crippen LogP) is 2.49. The fraction of sp³-hybridized carbons (Fsp3) is 0.467. The van der Waals surface area contributed by atoms with Crippen LogP contribution in [0, 0.1) is 5.92 Å². The standard InChI is InChI=1S/C15H19NO3S/c17-14(8-10-20-13-6-2-1-3-7-13)16-9-4-5-12(11-16)15(18)19/h1-3,6-7,12H,4-5,8-11H2,(H,18,19). The molecule has 0 spiro atoms. The lowest BCUT2D eigenvalue weighted by molar-refractivity contribution is -0.145. The summed E-state index contributed by atoms with van der Waals surface area (Å²) in [6.07, 6.45) is 1.93. The zero-order valence-electron chi connectivity index (χ0n) is 11.3. The van der Waals surface area contributed by atoms with E-state index in [2.05, 4.69) is 0 Å². The SMILES string of the molecule is O=C(O)C1CCCN(C(=O)CCSc2ccccc2)C1. The molecule has 1 heterocycles. The van der Waals surface area contributed by atoms with Crippen molar-refractivity contribution in [2.75, 3.05) is 18.8 Å². The van der Waals surface area contributed by atoms with E-state index in [4.69, 9.17) is 5.11 Å². The minimum absolute atomic E-state index is 0.0689. The molecule has 1 saturated heterocycles. The van der Waals surface area contributed by atoms with Gasteiger partial charge in [0.25, 0.3) is 0 Å². The highest BCUT2D eigenvalue weighted by molar-refractivity contribution is 7.99. The number of hydrogen-bond acceptors (Lipinski definition) is 3. The number of amides is 1. The maximum absolute atomic E-state index is 12.1. The van der Waals surface area contributed by atoms with Gasteiger partial charge in [0.15, 0.2) is 0 Å². The number of likely N-dealkylation sites (tertiary alicyclic amines) is 1. The molecule has 0 aromatic heterocycles. The molecular weight excluding hydrogens is 274 g/mol. The minimum Gasteiger partial charge on any atom is -0.481 e. The van der Waals surface area contributed by atoms with E-state index >= 15 is 0 Å². The average Bonchev–Trinajstić information content (AvgIpc) is 2.48. The van der Waals surface area contributed by atoms with Crippen molar-refractivity contribution in [1.29, 1.82) is 0 Å². The minimum atomic E-state index is -0.791. The van der Waals surface area contributed by atoms with Crippen LogP contribution in [0.15, 0.2) is 35.2 Å². The topological polar surface area (TPSA) is 57.6 Å². The summed E-state index contributed by atoms with van der Waals surface area (Å²) in [5, 5.41) is 9.02. The second kappa shape index (κ2) is 7.33. The Hall–Kier alpha value is -1.49. The molecule has 1 atom stereocenters. The summed E-state index contributed by atoms with van der Waals surface area (Å²) in [5.74, 6) is -0.383. The number of piperidine rings is 1. The third-order valence-corrected chi connectivity index (χ3v) is 4.46. The van der Waals surface area contributed by atoms with E-state index in [-0.39, 0.29) is 5.91 Å². The first kappa shape index (κ1) is 14.9. The van der Waals surface area contributed by atoms with Crippen LogP contribution >= 0.6 is 11.8 Å². The monoisotopic (exact) mass is 293 g/mol. The van der Waals surface area contributed by atoms with Gasteiger partial charge in [-0.2, -0.15) is 0 Å². The van der Waals surface area contributed by atoms with Gasteiger partial charge < -0.3 is 10.0 Å². The molecule has 4 nitrogen and oxygen atoms in total. The van der Waals surface area contributed by atoms with Crippen molar-refractivity contribution in [1.82, 2.24) is 4.90 Å². The van der Waals surface area contributed by atoms with Gasteiger partial charge in [0.05, 0.1) is 5.92 Å². The van der Waals surface area contributed by atoms with Gasteiger partial charge in [-0.1, -0.05) is 18.2 Å². The van der Waals surface area contributed by atoms with Crippen LogP contribution in [0.5, 0.6) is 0 Å². The number of hydrogen-bond donors (Lipinski definition) is 1. The highest BCUT2D eigenvalue weighted by Crippen LogP contribution is 2.20. The van der Waals surface area contributed by atoms with Gasteiger partial charge in [-0.15, -0.1) is 11.8 Å². The number of carboxylic acid groups (broad SMARTS) is 1. The van der Waals surface area contributed by atoms with E-state index in [1.54, 1.807) is 16.7 Å². The Kier molecular flexibility index (Phi) is 5.47. The lowest BCUT2D eigenvalue weighted by Crippen LogP contribution is -2.42. The summed E-state index contributed by atoms with van der Waals surface area (Å²) in [7, 11) is 0. The van der Waals surface area contributed by atoms with Crippen molar-refractivity contribution in [3.8, 4) is 0 Å². The second-order valence-electron chi connectivity index (χ2n) is 4.93. The molecule has 0 bridgehead atoms. The molecule has 1 aromatic carbocycles. The molecule has 2 rings (SSSR count). The zero-order chi connectivity index (χ0) is 14.4. The van der Waals surface area contributed by atoms with Gasteiger partial charge in [-0.3, -0.25) is 9.59 Å². The maximum Gasteiger partial charge on any atom is 0.308 e. The van der Waals surface area contributed by atoms with Crippen molar-refractivity contribution in [3.63, 3.8) is 0 Å². The largest absolute Gasteiger partial charge is 0.481 e. The first-order chi connectivity index (χ1) is 9.66. The smallest absolute Gasteiger partial charge is 0.308 e. The first-order valence-electron chi connectivity index (χ1n) is 6.85. The molecular formula is C15H19NO3S. The van der Waals surface area contributed by atoms with E-state index in [1.165, 1.54) is 0 Å². The molecule has 1 amide bonds. The summed E-state index contributed by atoms with van der Waals surface area (Å²) in [6, 6.07) is 9.97. The summed E-state index contributed by atoms with van der Waals surface area (Å²) in [6.45, 7) is 1.06. The van der Waals surface area contributed by atoms with Crippen molar-refractivity contribution in [2.24, 2.45) is 5.92 Å². The van der Waals surface area contributed by atoms with E-state index in [0.29, 0.717) is 25.9 Å². The molecule has 1 aromatic rings. The second-order valence-corrected chi connectivity index (χ2v) is 6.10. The number of carboxylic acids is 1. The Labute approximate surface area is 123 Å². The normalized spacial score (nSPS) is 18.8. The quantitative estimate of drug-likeness (QED) is 0.847. The fourth-order valence-electron chi connectivity index (χ4n) is 2.34. The molecule has 1 aliphatic heterocycles. The molecule has 0 radical (unpaired) electrons. The van der Waals surface area contributed by atoms with Gasteiger partial charge in [0.2, 0.25) is 5.91 Å². The third-order valence-electron chi connectivity index (χ3n) is 3.45. The summed E-state index contributed by atoms with van der Waals surface area (Å²) < 4.78 is 0. The summed E-state index contributed by atoms with van der Waals surface area (Å²) >= 11 is 1.66. The highest BCUT2D eigenvalue weighted by Gasteiger charge is 2.27. The molecule has 0 aliphatic carbocycles. The molecule has 0 saturated carbocycles. The molecule has 20 heavy (non-hydrogen) atoms. The molecule has 1 unspecified atom stereocenters. The Bertz CT molecular complexity index is 463. The molecule has 5 heteroatoms. The Morgan fingerprint density at radius 1 is 1.30 bits per heavy atom. The summed E-state index contributed by atoms with van der Waals surface area (Å²) in [4.78, 5) is 25.9. The molecule has 108 valence electrons. The van der Waals surface area contributed by atoms with Gasteiger partial charge in [0, 0.05) is 30.2 Å². The lowest BCUT2D eigenvalue weighted by atomic mass is 9.98. The number of carbonyl (C=O) groups is 2. The van der Waals surface area contributed by atoms with Crippen LogP contribution in [-0.4, -0.2) is 40.7 Å². The molecule has 1 aliphatic rings. The van der Waals surface area contributed by atoms with Crippen LogP contribution < -0.4 is 0 Å². The van der Waals surface area contributed by atoms with Crippen molar-refractivity contribution >= 4 is 23.6 Å². The number of thioether (sulfide) groups is 1.